The normalized spacial score (nSPS) is 14.9. The summed E-state index contributed by atoms with van der Waals surface area (Å²) in [5.41, 5.74) is -1.90. The summed E-state index contributed by atoms with van der Waals surface area (Å²) in [5, 5.41) is 0. The maximum atomic E-state index is 13.6. The van der Waals surface area contributed by atoms with Gasteiger partial charge in [0.1, 0.15) is 19.1 Å². The molecule has 0 spiro atoms. The van der Waals surface area contributed by atoms with Crippen LogP contribution in [0, 0.1) is 0 Å². The lowest BCUT2D eigenvalue weighted by Crippen LogP contribution is -2.62. The maximum Gasteiger partial charge on any atom is 0.430 e. The smallest absolute Gasteiger partial charge is 0.430 e. The Morgan fingerprint density at radius 3 is 1.95 bits per heavy atom. The van der Waals surface area contributed by atoms with Crippen molar-refractivity contribution in [1.82, 2.24) is 0 Å². The first-order valence-electron chi connectivity index (χ1n) is 11.5. The van der Waals surface area contributed by atoms with Crippen LogP contribution in [-0.2, 0) is 33.2 Å². The molecule has 3 aromatic carbocycles. The van der Waals surface area contributed by atoms with Gasteiger partial charge in [-0.25, -0.2) is 0 Å². The van der Waals surface area contributed by atoms with Gasteiger partial charge in [-0.15, -0.1) is 0 Å². The van der Waals surface area contributed by atoms with Crippen LogP contribution in [0.1, 0.15) is 17.5 Å². The number of aryl methyl sites for hydroxylation is 2. The van der Waals surface area contributed by atoms with E-state index in [0.29, 0.717) is 0 Å². The van der Waals surface area contributed by atoms with Crippen molar-refractivity contribution in [2.24, 2.45) is 0 Å². The molecule has 0 fully saturated rings. The molecule has 0 bridgehead atoms. The molecule has 0 N–H and O–H groups in total. The first-order valence-corrected chi connectivity index (χ1v) is 12.7. The molecule has 3 nitrogen and oxygen atoms in total. The second-order valence-electron chi connectivity index (χ2n) is 8.54. The van der Waals surface area contributed by atoms with Crippen molar-refractivity contribution in [3.8, 4) is 5.75 Å². The second kappa shape index (κ2) is 11.0. The van der Waals surface area contributed by atoms with Gasteiger partial charge in [-0.2, -0.15) is 26.3 Å². The lowest BCUT2D eigenvalue weighted by molar-refractivity contribution is -0.397. The molecule has 0 amide bonds. The summed E-state index contributed by atoms with van der Waals surface area (Å²) in [6.45, 7) is -3.01. The van der Waals surface area contributed by atoms with E-state index in [4.69, 9.17) is 4.74 Å². The zero-order valence-electron chi connectivity index (χ0n) is 19.9. The van der Waals surface area contributed by atoms with E-state index in [1.807, 2.05) is 30.3 Å². The maximum absolute atomic E-state index is 13.6. The fourth-order valence-electron chi connectivity index (χ4n) is 4.19. The Bertz CT molecular complexity index is 1170. The Labute approximate surface area is 213 Å². The zero-order chi connectivity index (χ0) is 26.7. The highest BCUT2D eigenvalue weighted by atomic mass is 32.2. The highest BCUT2D eigenvalue weighted by Gasteiger charge is 2.73. The molecule has 0 saturated carbocycles. The van der Waals surface area contributed by atoms with Gasteiger partial charge in [-0.1, -0.05) is 24.3 Å². The van der Waals surface area contributed by atoms with E-state index in [2.05, 4.69) is 27.7 Å². The average molecular weight is 544 g/mol. The van der Waals surface area contributed by atoms with Crippen LogP contribution in [0.5, 0.6) is 5.75 Å². The van der Waals surface area contributed by atoms with Crippen molar-refractivity contribution in [2.45, 2.75) is 51.9 Å². The average Bonchev–Trinajstić information content (AvgIpc) is 3.32. The molecule has 0 saturated heterocycles. The first-order chi connectivity index (χ1) is 17.6. The van der Waals surface area contributed by atoms with Crippen LogP contribution in [0.4, 0.5) is 26.3 Å². The summed E-state index contributed by atoms with van der Waals surface area (Å²) in [7, 11) is 0.407. The minimum absolute atomic E-state index is 0.145. The standard InChI is InChI=1S/C27H25F6O3S/c1-34-18-36-25(26(28,29)30,27(31,32)33)17-35-21-11-14-23(15-12-21)37(22-8-3-2-4-9-22)24-13-10-19-6-5-7-20(19)16-24/h2-4,8-16H,5-7,17-18H2,1H3/q+1. The Morgan fingerprint density at radius 2 is 1.32 bits per heavy atom. The largest absolute Gasteiger partial charge is 0.490 e. The van der Waals surface area contributed by atoms with Crippen molar-refractivity contribution in [3.63, 3.8) is 0 Å². The summed E-state index contributed by atoms with van der Waals surface area (Å²) < 4.78 is 94.8. The Balaban J connectivity index is 1.62. The number of alkyl halides is 6. The van der Waals surface area contributed by atoms with Crippen molar-refractivity contribution in [2.75, 3.05) is 20.5 Å². The highest BCUT2D eigenvalue weighted by Crippen LogP contribution is 2.46. The monoisotopic (exact) mass is 543 g/mol. The van der Waals surface area contributed by atoms with Crippen LogP contribution in [-0.4, -0.2) is 38.5 Å². The van der Waals surface area contributed by atoms with Crippen molar-refractivity contribution < 1.29 is 40.6 Å². The van der Waals surface area contributed by atoms with E-state index in [-0.39, 0.29) is 5.75 Å². The molecule has 1 unspecified atom stereocenters. The third-order valence-electron chi connectivity index (χ3n) is 6.13. The molecule has 1 aliphatic carbocycles. The SMILES string of the molecule is COCOC(COc1ccc([S+](c2ccccc2)c2ccc3c(c2)CCC3)cc1)(C(F)(F)F)C(F)(F)F. The van der Waals surface area contributed by atoms with Gasteiger partial charge in [0, 0.05) is 7.11 Å². The van der Waals surface area contributed by atoms with Crippen molar-refractivity contribution in [3.05, 3.63) is 83.9 Å². The van der Waals surface area contributed by atoms with E-state index in [1.165, 1.54) is 23.3 Å². The van der Waals surface area contributed by atoms with E-state index in [1.54, 1.807) is 12.1 Å². The van der Waals surface area contributed by atoms with Gasteiger partial charge in [0.15, 0.2) is 14.7 Å². The van der Waals surface area contributed by atoms with E-state index < -0.39 is 42.2 Å². The third kappa shape index (κ3) is 5.76. The number of hydrogen-bond donors (Lipinski definition) is 0. The predicted octanol–water partition coefficient (Wildman–Crippen LogP) is 7.13. The molecule has 37 heavy (non-hydrogen) atoms. The fraction of sp³-hybridized carbons (Fsp3) is 0.333. The van der Waals surface area contributed by atoms with Gasteiger partial charge in [0.25, 0.3) is 5.60 Å². The molecule has 1 atom stereocenters. The van der Waals surface area contributed by atoms with Gasteiger partial charge < -0.3 is 14.2 Å². The van der Waals surface area contributed by atoms with Gasteiger partial charge in [0.2, 0.25) is 0 Å². The number of methoxy groups -OCH3 is 1. The number of halogens is 6. The Kier molecular flexibility index (Phi) is 8.11. The number of fused-ring (bicyclic) bond motifs is 1. The molecule has 198 valence electrons. The van der Waals surface area contributed by atoms with E-state index in [0.717, 1.165) is 41.1 Å². The van der Waals surface area contributed by atoms with Gasteiger partial charge in [-0.3, -0.25) is 0 Å². The number of benzene rings is 3. The number of hydrogen-bond acceptors (Lipinski definition) is 3. The molecular weight excluding hydrogens is 518 g/mol. The summed E-state index contributed by atoms with van der Waals surface area (Å²) in [4.78, 5) is 2.97. The molecule has 0 aliphatic heterocycles. The second-order valence-corrected chi connectivity index (χ2v) is 10.6. The van der Waals surface area contributed by atoms with Crippen LogP contribution in [0.2, 0.25) is 0 Å². The van der Waals surface area contributed by atoms with Gasteiger partial charge >= 0.3 is 12.4 Å². The highest BCUT2D eigenvalue weighted by molar-refractivity contribution is 7.97. The van der Waals surface area contributed by atoms with E-state index in [9.17, 15) is 26.3 Å². The summed E-state index contributed by atoms with van der Waals surface area (Å²) in [6, 6.07) is 22.2. The topological polar surface area (TPSA) is 27.7 Å². The van der Waals surface area contributed by atoms with Crippen LogP contribution >= 0.6 is 0 Å². The first kappa shape index (κ1) is 27.3. The minimum Gasteiger partial charge on any atom is -0.490 e. The van der Waals surface area contributed by atoms with Crippen molar-refractivity contribution >= 4 is 10.9 Å². The van der Waals surface area contributed by atoms with Crippen LogP contribution in [0.15, 0.2) is 87.5 Å². The molecule has 0 aromatic heterocycles. The van der Waals surface area contributed by atoms with Crippen molar-refractivity contribution in [1.29, 1.82) is 0 Å². The minimum atomic E-state index is -5.78. The molecule has 0 heterocycles. The number of ether oxygens (including phenoxy) is 3. The molecule has 0 radical (unpaired) electrons. The molecule has 1 aliphatic rings. The Morgan fingerprint density at radius 1 is 0.730 bits per heavy atom. The third-order valence-corrected chi connectivity index (χ3v) is 8.34. The Hall–Kier alpha value is -2.69. The quantitative estimate of drug-likeness (QED) is 0.163. The van der Waals surface area contributed by atoms with Crippen LogP contribution in [0.3, 0.4) is 0 Å². The predicted molar refractivity (Wildman–Crippen MR) is 127 cm³/mol. The van der Waals surface area contributed by atoms with Gasteiger partial charge in [-0.05, 0) is 78.9 Å². The van der Waals surface area contributed by atoms with Crippen LogP contribution < -0.4 is 4.74 Å². The summed E-state index contributed by atoms with van der Waals surface area (Å²) in [6.07, 6.45) is -8.40. The molecule has 10 heteroatoms. The van der Waals surface area contributed by atoms with Crippen LogP contribution in [0.25, 0.3) is 0 Å². The van der Waals surface area contributed by atoms with Gasteiger partial charge in [0.05, 0.1) is 10.9 Å². The van der Waals surface area contributed by atoms with E-state index >= 15 is 0 Å². The zero-order valence-corrected chi connectivity index (χ0v) is 20.7. The summed E-state index contributed by atoms with van der Waals surface area (Å²) >= 11 is 0. The lowest BCUT2D eigenvalue weighted by atomic mass is 10.0. The fourth-order valence-corrected chi connectivity index (χ4v) is 6.30. The molecule has 4 rings (SSSR count). The summed E-state index contributed by atoms with van der Waals surface area (Å²) in [5.74, 6) is -0.145. The lowest BCUT2D eigenvalue weighted by Gasteiger charge is -2.36. The molecule has 3 aromatic rings. The number of rotatable bonds is 9. The molecular formula is C27H25F6O3S+.